The summed E-state index contributed by atoms with van der Waals surface area (Å²) in [6.07, 6.45) is 4.64. The Hall–Kier alpha value is -1.13. The van der Waals surface area contributed by atoms with Crippen LogP contribution in [0.5, 0.6) is 0 Å². The van der Waals surface area contributed by atoms with Crippen LogP contribution in [0.2, 0.25) is 0 Å². The summed E-state index contributed by atoms with van der Waals surface area (Å²) in [6, 6.07) is 4.97. The molecule has 0 unspecified atom stereocenters. The van der Waals surface area contributed by atoms with Gasteiger partial charge in [-0.3, -0.25) is 4.90 Å². The summed E-state index contributed by atoms with van der Waals surface area (Å²) in [7, 11) is 2.11. The zero-order valence-electron chi connectivity index (χ0n) is 11.9. The second kappa shape index (κ2) is 5.10. The van der Waals surface area contributed by atoms with Crippen LogP contribution in [0.4, 0.5) is 0 Å². The van der Waals surface area contributed by atoms with Crippen molar-refractivity contribution in [1.82, 2.24) is 14.5 Å². The number of nitrogens with zero attached hydrogens (tertiary/aromatic N) is 3. The first kappa shape index (κ1) is 12.9. The van der Waals surface area contributed by atoms with Crippen molar-refractivity contribution in [2.75, 3.05) is 6.54 Å². The molecule has 2 aromatic heterocycles. The fraction of sp³-hybridized carbons (Fsp3) is 0.533. The standard InChI is InChI=1S/C15H21N3S/c1-11-9-17(3)15(16-11)14-5-4-8-18(14)10-13-7-6-12(2)19-13/h6-7,9,14H,4-5,8,10H2,1-3H3/t14-/m0/s1. The average Bonchev–Trinajstić information content (AvgIpc) is 3.02. The van der Waals surface area contributed by atoms with Gasteiger partial charge < -0.3 is 4.57 Å². The van der Waals surface area contributed by atoms with Crippen LogP contribution in [-0.4, -0.2) is 21.0 Å². The van der Waals surface area contributed by atoms with E-state index in [4.69, 9.17) is 4.98 Å². The first-order chi connectivity index (χ1) is 9.13. The van der Waals surface area contributed by atoms with E-state index < -0.39 is 0 Å². The lowest BCUT2D eigenvalue weighted by atomic mass is 10.2. The molecule has 19 heavy (non-hydrogen) atoms. The molecule has 1 aliphatic heterocycles. The second-order valence-corrected chi connectivity index (χ2v) is 6.86. The molecular weight excluding hydrogens is 254 g/mol. The van der Waals surface area contributed by atoms with Crippen LogP contribution in [0.25, 0.3) is 0 Å². The van der Waals surface area contributed by atoms with Gasteiger partial charge in [0.15, 0.2) is 0 Å². The van der Waals surface area contributed by atoms with Crippen molar-refractivity contribution in [3.63, 3.8) is 0 Å². The number of hydrogen-bond donors (Lipinski definition) is 0. The van der Waals surface area contributed by atoms with Gasteiger partial charge in [0.1, 0.15) is 5.82 Å². The normalized spacial score (nSPS) is 20.3. The van der Waals surface area contributed by atoms with Gasteiger partial charge in [-0.2, -0.15) is 0 Å². The predicted octanol–water partition coefficient (Wildman–Crippen LogP) is 3.44. The van der Waals surface area contributed by atoms with Crippen molar-refractivity contribution in [3.8, 4) is 0 Å². The molecule has 0 aliphatic carbocycles. The molecule has 0 bridgehead atoms. The molecule has 3 heterocycles. The van der Waals surface area contributed by atoms with Gasteiger partial charge >= 0.3 is 0 Å². The van der Waals surface area contributed by atoms with Crippen molar-refractivity contribution in [3.05, 3.63) is 39.6 Å². The molecule has 3 nitrogen and oxygen atoms in total. The maximum atomic E-state index is 4.71. The second-order valence-electron chi connectivity index (χ2n) is 5.49. The van der Waals surface area contributed by atoms with Crippen molar-refractivity contribution >= 4 is 11.3 Å². The van der Waals surface area contributed by atoms with E-state index in [2.05, 4.69) is 48.7 Å². The Labute approximate surface area is 118 Å². The highest BCUT2D eigenvalue weighted by Gasteiger charge is 2.29. The summed E-state index contributed by atoms with van der Waals surface area (Å²) in [5.41, 5.74) is 1.12. The highest BCUT2D eigenvalue weighted by atomic mass is 32.1. The summed E-state index contributed by atoms with van der Waals surface area (Å²) >= 11 is 1.91. The molecule has 0 spiro atoms. The lowest BCUT2D eigenvalue weighted by Gasteiger charge is -2.23. The van der Waals surface area contributed by atoms with Gasteiger partial charge in [-0.05, 0) is 45.4 Å². The Kier molecular flexibility index (Phi) is 3.46. The minimum Gasteiger partial charge on any atom is -0.336 e. The van der Waals surface area contributed by atoms with E-state index in [-0.39, 0.29) is 0 Å². The molecule has 3 rings (SSSR count). The Balaban J connectivity index is 1.79. The third kappa shape index (κ3) is 2.60. The van der Waals surface area contributed by atoms with E-state index in [1.54, 1.807) is 0 Å². The number of rotatable bonds is 3. The van der Waals surface area contributed by atoms with Gasteiger partial charge in [0.2, 0.25) is 0 Å². The topological polar surface area (TPSA) is 21.1 Å². The zero-order chi connectivity index (χ0) is 13.4. The Morgan fingerprint density at radius 3 is 2.84 bits per heavy atom. The van der Waals surface area contributed by atoms with Crippen LogP contribution < -0.4 is 0 Å². The zero-order valence-corrected chi connectivity index (χ0v) is 12.7. The van der Waals surface area contributed by atoms with Crippen LogP contribution in [0.1, 0.15) is 40.2 Å². The fourth-order valence-corrected chi connectivity index (χ4v) is 3.94. The van der Waals surface area contributed by atoms with Gasteiger partial charge in [-0.1, -0.05) is 0 Å². The third-order valence-corrected chi connectivity index (χ3v) is 4.83. The third-order valence-electron chi connectivity index (χ3n) is 3.85. The van der Waals surface area contributed by atoms with Crippen molar-refractivity contribution in [2.45, 2.75) is 39.3 Å². The molecule has 1 saturated heterocycles. The molecule has 4 heteroatoms. The maximum absolute atomic E-state index is 4.71. The molecule has 2 aromatic rings. The molecule has 1 aliphatic rings. The van der Waals surface area contributed by atoms with Gasteiger partial charge in [0, 0.05) is 29.5 Å². The molecule has 1 atom stereocenters. The van der Waals surface area contributed by atoms with Crippen molar-refractivity contribution in [2.24, 2.45) is 7.05 Å². The minimum atomic E-state index is 0.487. The molecule has 1 fully saturated rings. The summed E-state index contributed by atoms with van der Waals surface area (Å²) < 4.78 is 2.19. The molecule has 0 radical (unpaired) electrons. The molecule has 0 amide bonds. The van der Waals surface area contributed by atoms with Gasteiger partial charge in [0.25, 0.3) is 0 Å². The van der Waals surface area contributed by atoms with Crippen LogP contribution in [0.15, 0.2) is 18.3 Å². The Bertz CT molecular complexity index is 570. The Morgan fingerprint density at radius 2 is 2.21 bits per heavy atom. The number of aromatic nitrogens is 2. The minimum absolute atomic E-state index is 0.487. The van der Waals surface area contributed by atoms with Crippen molar-refractivity contribution < 1.29 is 0 Å². The first-order valence-electron chi connectivity index (χ1n) is 6.92. The van der Waals surface area contributed by atoms with E-state index in [1.165, 1.54) is 35.0 Å². The molecule has 0 saturated carbocycles. The van der Waals surface area contributed by atoms with Crippen LogP contribution in [-0.2, 0) is 13.6 Å². The number of thiophene rings is 1. The molecule has 0 N–H and O–H groups in total. The number of hydrogen-bond acceptors (Lipinski definition) is 3. The van der Waals surface area contributed by atoms with Crippen molar-refractivity contribution in [1.29, 1.82) is 0 Å². The summed E-state index contributed by atoms with van der Waals surface area (Å²) in [4.78, 5) is 10.2. The average molecular weight is 275 g/mol. The van der Waals surface area contributed by atoms with E-state index in [9.17, 15) is 0 Å². The monoisotopic (exact) mass is 275 g/mol. The van der Waals surface area contributed by atoms with E-state index in [0.717, 1.165) is 12.2 Å². The largest absolute Gasteiger partial charge is 0.336 e. The van der Waals surface area contributed by atoms with Crippen LogP contribution >= 0.6 is 11.3 Å². The van der Waals surface area contributed by atoms with E-state index in [0.29, 0.717) is 6.04 Å². The smallest absolute Gasteiger partial charge is 0.126 e. The van der Waals surface area contributed by atoms with E-state index >= 15 is 0 Å². The first-order valence-corrected chi connectivity index (χ1v) is 7.74. The summed E-state index contributed by atoms with van der Waals surface area (Å²) in [5.74, 6) is 1.23. The summed E-state index contributed by atoms with van der Waals surface area (Å²) in [6.45, 7) is 6.51. The van der Waals surface area contributed by atoms with Crippen LogP contribution in [0, 0.1) is 13.8 Å². The molecular formula is C15H21N3S. The molecule has 102 valence electrons. The SMILES string of the molecule is Cc1cn(C)c([C@@H]2CCCN2Cc2ccc(C)s2)n1. The maximum Gasteiger partial charge on any atom is 0.126 e. The lowest BCUT2D eigenvalue weighted by molar-refractivity contribution is 0.238. The van der Waals surface area contributed by atoms with E-state index in [1.807, 2.05) is 11.3 Å². The van der Waals surface area contributed by atoms with Gasteiger partial charge in [-0.15, -0.1) is 11.3 Å². The van der Waals surface area contributed by atoms with Crippen LogP contribution in [0.3, 0.4) is 0 Å². The summed E-state index contributed by atoms with van der Waals surface area (Å²) in [5, 5.41) is 0. The van der Waals surface area contributed by atoms with Gasteiger partial charge in [0.05, 0.1) is 11.7 Å². The predicted molar refractivity (Wildman–Crippen MR) is 79.4 cm³/mol. The number of imidazole rings is 1. The number of aryl methyl sites for hydroxylation is 3. The van der Waals surface area contributed by atoms with Gasteiger partial charge in [-0.25, -0.2) is 4.98 Å². The molecule has 0 aromatic carbocycles. The Morgan fingerprint density at radius 1 is 1.37 bits per heavy atom. The fourth-order valence-electron chi connectivity index (χ4n) is 3.02. The highest BCUT2D eigenvalue weighted by molar-refractivity contribution is 7.11. The lowest BCUT2D eigenvalue weighted by Crippen LogP contribution is -2.24. The quantitative estimate of drug-likeness (QED) is 0.855. The number of likely N-dealkylation sites (tertiary alicyclic amines) is 1. The highest BCUT2D eigenvalue weighted by Crippen LogP contribution is 2.33.